The van der Waals surface area contributed by atoms with Crippen LogP contribution in [0.3, 0.4) is 0 Å². The van der Waals surface area contributed by atoms with E-state index in [4.69, 9.17) is 0 Å². The molecule has 1 saturated heterocycles. The Labute approximate surface area is 160 Å². The van der Waals surface area contributed by atoms with E-state index in [-0.39, 0.29) is 18.1 Å². The molecule has 1 aromatic carbocycles. The van der Waals surface area contributed by atoms with Gasteiger partial charge in [-0.3, -0.25) is 9.88 Å². The number of hydrogen-bond acceptors (Lipinski definition) is 6. The molecule has 1 aliphatic rings. The fourth-order valence-corrected chi connectivity index (χ4v) is 3.22. The summed E-state index contributed by atoms with van der Waals surface area (Å²) in [6.07, 6.45) is 5.25. The van der Waals surface area contributed by atoms with Gasteiger partial charge in [0.15, 0.2) is 0 Å². The summed E-state index contributed by atoms with van der Waals surface area (Å²) in [5, 5.41) is 29.9. The van der Waals surface area contributed by atoms with Crippen LogP contribution in [0.5, 0.6) is 11.5 Å². The van der Waals surface area contributed by atoms with Crippen LogP contribution >= 0.6 is 0 Å². The van der Waals surface area contributed by atoms with Crippen LogP contribution in [0, 0.1) is 6.92 Å². The number of aliphatic hydroxyl groups is 1. The van der Waals surface area contributed by atoms with Gasteiger partial charge in [0.25, 0.3) is 0 Å². The molecule has 0 unspecified atom stereocenters. The van der Waals surface area contributed by atoms with Gasteiger partial charge < -0.3 is 20.2 Å². The summed E-state index contributed by atoms with van der Waals surface area (Å²) in [5.41, 5.74) is 3.36. The van der Waals surface area contributed by atoms with Crippen LogP contribution in [0.2, 0.25) is 0 Å². The van der Waals surface area contributed by atoms with Gasteiger partial charge >= 0.3 is 0 Å². The number of pyridine rings is 1. The topological polar surface area (TPSA) is 80.1 Å². The Kier molecular flexibility index (Phi) is 6.11. The molecule has 0 atom stereocenters. The zero-order chi connectivity index (χ0) is 19.4. The van der Waals surface area contributed by atoms with Crippen LogP contribution in [-0.2, 0) is 13.2 Å². The van der Waals surface area contributed by atoms with Gasteiger partial charge in [-0.1, -0.05) is 24.3 Å². The van der Waals surface area contributed by atoms with E-state index < -0.39 is 0 Å². The molecule has 1 aromatic heterocycles. The smallest absolute Gasteiger partial charge is 0.142 e. The first-order chi connectivity index (χ1) is 13.0. The van der Waals surface area contributed by atoms with Crippen molar-refractivity contribution in [3.05, 3.63) is 52.3 Å². The minimum atomic E-state index is -0.260. The molecule has 2 aromatic rings. The number of aromatic nitrogens is 1. The van der Waals surface area contributed by atoms with Crippen molar-refractivity contribution in [1.29, 1.82) is 0 Å². The maximum atomic E-state index is 10.4. The number of aliphatic hydroxyl groups excluding tert-OH is 1. The van der Waals surface area contributed by atoms with Crippen molar-refractivity contribution >= 4 is 12.2 Å². The SMILES string of the molecule is Cc1ncc(/C=C/c2ccc(CN3CCN(C)CC3)c(O)c2)c(CO)c1O. The van der Waals surface area contributed by atoms with Crippen molar-refractivity contribution < 1.29 is 15.3 Å². The van der Waals surface area contributed by atoms with Crippen LogP contribution < -0.4 is 0 Å². The van der Waals surface area contributed by atoms with Crippen LogP contribution in [0.4, 0.5) is 0 Å². The zero-order valence-corrected chi connectivity index (χ0v) is 15.9. The van der Waals surface area contributed by atoms with Gasteiger partial charge in [-0.15, -0.1) is 0 Å². The van der Waals surface area contributed by atoms with E-state index in [0.29, 0.717) is 16.8 Å². The first kappa shape index (κ1) is 19.4. The van der Waals surface area contributed by atoms with Crippen molar-refractivity contribution in [2.24, 2.45) is 0 Å². The van der Waals surface area contributed by atoms with E-state index in [1.807, 2.05) is 18.2 Å². The van der Waals surface area contributed by atoms with Crippen molar-refractivity contribution in [3.8, 4) is 11.5 Å². The van der Waals surface area contributed by atoms with Gasteiger partial charge in [0.2, 0.25) is 0 Å². The third-order valence-corrected chi connectivity index (χ3v) is 5.09. The molecule has 3 rings (SSSR count). The first-order valence-electron chi connectivity index (χ1n) is 9.17. The third kappa shape index (κ3) is 4.66. The van der Waals surface area contributed by atoms with Gasteiger partial charge in [0, 0.05) is 55.6 Å². The summed E-state index contributed by atoms with van der Waals surface area (Å²) in [5.74, 6) is 0.299. The molecule has 0 aliphatic carbocycles. The zero-order valence-electron chi connectivity index (χ0n) is 15.9. The molecule has 0 radical (unpaired) electrons. The molecule has 1 aliphatic heterocycles. The second-order valence-electron chi connectivity index (χ2n) is 7.09. The summed E-state index contributed by atoms with van der Waals surface area (Å²) >= 11 is 0. The molecule has 6 nitrogen and oxygen atoms in total. The lowest BCUT2D eigenvalue weighted by atomic mass is 10.1. The van der Waals surface area contributed by atoms with Crippen LogP contribution in [0.25, 0.3) is 12.2 Å². The Hall–Kier alpha value is -2.41. The molecule has 2 heterocycles. The molecule has 3 N–H and O–H groups in total. The molecule has 27 heavy (non-hydrogen) atoms. The van der Waals surface area contributed by atoms with Crippen molar-refractivity contribution in [2.45, 2.75) is 20.1 Å². The summed E-state index contributed by atoms with van der Waals surface area (Å²) in [6.45, 7) is 6.28. The van der Waals surface area contributed by atoms with Gasteiger partial charge in [0.05, 0.1) is 12.3 Å². The van der Waals surface area contributed by atoms with E-state index >= 15 is 0 Å². The molecule has 144 valence electrons. The Balaban J connectivity index is 1.72. The van der Waals surface area contributed by atoms with Crippen molar-refractivity contribution in [3.63, 3.8) is 0 Å². The highest BCUT2D eigenvalue weighted by atomic mass is 16.3. The highest BCUT2D eigenvalue weighted by Gasteiger charge is 2.15. The number of rotatable bonds is 5. The van der Waals surface area contributed by atoms with Gasteiger partial charge in [0.1, 0.15) is 11.5 Å². The van der Waals surface area contributed by atoms with Crippen LogP contribution in [-0.4, -0.2) is 63.3 Å². The normalized spacial score (nSPS) is 16.3. The third-order valence-electron chi connectivity index (χ3n) is 5.09. The number of benzene rings is 1. The van der Waals surface area contributed by atoms with Crippen molar-refractivity contribution in [1.82, 2.24) is 14.8 Å². The molecule has 0 saturated carbocycles. The molecular weight excluding hydrogens is 342 g/mol. The lowest BCUT2D eigenvalue weighted by Crippen LogP contribution is -2.43. The monoisotopic (exact) mass is 369 g/mol. The minimum Gasteiger partial charge on any atom is -0.508 e. The second-order valence-corrected chi connectivity index (χ2v) is 7.09. The minimum absolute atomic E-state index is 0.0185. The van der Waals surface area contributed by atoms with E-state index in [2.05, 4.69) is 21.8 Å². The highest BCUT2D eigenvalue weighted by molar-refractivity contribution is 5.72. The Morgan fingerprint density at radius 3 is 2.52 bits per heavy atom. The van der Waals surface area contributed by atoms with Crippen LogP contribution in [0.1, 0.15) is 27.9 Å². The van der Waals surface area contributed by atoms with E-state index in [0.717, 1.165) is 43.9 Å². The number of piperazine rings is 1. The summed E-state index contributed by atoms with van der Waals surface area (Å²) < 4.78 is 0. The molecule has 0 spiro atoms. The standard InChI is InChI=1S/C21H27N3O3/c1-15-21(27)19(14-25)17(12-22-15)5-3-16-4-6-18(20(26)11-16)13-24-9-7-23(2)8-10-24/h3-6,11-12,25-27H,7-10,13-14H2,1-2H3/b5-3+. The van der Waals surface area contributed by atoms with E-state index in [1.54, 1.807) is 25.3 Å². The van der Waals surface area contributed by atoms with Gasteiger partial charge in [-0.05, 0) is 25.6 Å². The maximum absolute atomic E-state index is 10.4. The Morgan fingerprint density at radius 2 is 1.85 bits per heavy atom. The molecule has 0 bridgehead atoms. The number of nitrogens with zero attached hydrogens (tertiary/aromatic N) is 3. The predicted octanol–water partition coefficient (Wildman–Crippen LogP) is 2.21. The maximum Gasteiger partial charge on any atom is 0.142 e. The lowest BCUT2D eigenvalue weighted by molar-refractivity contribution is 0.147. The van der Waals surface area contributed by atoms with E-state index in [9.17, 15) is 15.3 Å². The van der Waals surface area contributed by atoms with Crippen molar-refractivity contribution in [2.75, 3.05) is 33.2 Å². The molecular formula is C21H27N3O3. The summed E-state index contributed by atoms with van der Waals surface area (Å²) in [6, 6.07) is 5.65. The average molecular weight is 369 g/mol. The number of likely N-dealkylation sites (N-methyl/N-ethyl adjacent to an activating group) is 1. The van der Waals surface area contributed by atoms with Gasteiger partial charge in [-0.2, -0.15) is 0 Å². The van der Waals surface area contributed by atoms with Gasteiger partial charge in [-0.25, -0.2) is 0 Å². The number of aromatic hydroxyl groups is 2. The lowest BCUT2D eigenvalue weighted by Gasteiger charge is -2.32. The fourth-order valence-electron chi connectivity index (χ4n) is 3.22. The fraction of sp³-hybridized carbons (Fsp3) is 0.381. The number of phenols is 1. The van der Waals surface area contributed by atoms with Crippen LogP contribution in [0.15, 0.2) is 24.4 Å². The summed E-state index contributed by atoms with van der Waals surface area (Å²) in [4.78, 5) is 8.79. The molecule has 6 heteroatoms. The first-order valence-corrected chi connectivity index (χ1v) is 9.17. The predicted molar refractivity (Wildman–Crippen MR) is 106 cm³/mol. The Morgan fingerprint density at radius 1 is 1.11 bits per heavy atom. The van der Waals surface area contributed by atoms with E-state index in [1.165, 1.54) is 0 Å². The number of phenolic OH excluding ortho intramolecular Hbond substituents is 1. The highest BCUT2D eigenvalue weighted by Crippen LogP contribution is 2.26. The average Bonchev–Trinajstić information content (AvgIpc) is 2.66. The molecule has 1 fully saturated rings. The summed E-state index contributed by atoms with van der Waals surface area (Å²) in [7, 11) is 2.13. The Bertz CT molecular complexity index is 828. The number of aryl methyl sites for hydroxylation is 1. The quantitative estimate of drug-likeness (QED) is 0.750. The number of hydrogen-bond donors (Lipinski definition) is 3. The second kappa shape index (κ2) is 8.52. The molecule has 0 amide bonds. The largest absolute Gasteiger partial charge is 0.508 e.